The number of ether oxygens (including phenoxy) is 1. The Labute approximate surface area is 124 Å². The van der Waals surface area contributed by atoms with E-state index in [1.807, 2.05) is 36.5 Å². The lowest BCUT2D eigenvalue weighted by molar-refractivity contribution is 0.0948. The number of aromatic nitrogens is 2. The van der Waals surface area contributed by atoms with Crippen molar-refractivity contribution in [3.05, 3.63) is 42.4 Å². The van der Waals surface area contributed by atoms with Gasteiger partial charge in [-0.2, -0.15) is 0 Å². The second kappa shape index (κ2) is 7.47. The topological polar surface area (TPSA) is 81.0 Å². The van der Waals surface area contributed by atoms with Crippen LogP contribution in [0, 0.1) is 0 Å². The van der Waals surface area contributed by atoms with Crippen molar-refractivity contribution in [2.24, 2.45) is 5.73 Å². The number of aromatic amines is 1. The molecular weight excluding hydrogens is 266 g/mol. The van der Waals surface area contributed by atoms with Crippen LogP contribution in [-0.4, -0.2) is 16.1 Å². The minimum absolute atomic E-state index is 0.411. The number of carbonyl (C=O) groups excluding carboxylic acids is 1. The molecule has 0 unspecified atom stereocenters. The van der Waals surface area contributed by atoms with Gasteiger partial charge in [-0.05, 0) is 12.8 Å². The largest absolute Gasteiger partial charge is 0.438 e. The first-order chi connectivity index (χ1) is 10.2. The average molecular weight is 287 g/mol. The SMILES string of the molecule is CCCCC[C@H](OC(N)=O)c1nc(-c2ccccc2)c[nH]1. The van der Waals surface area contributed by atoms with Gasteiger partial charge in [0.05, 0.1) is 5.69 Å². The van der Waals surface area contributed by atoms with E-state index in [2.05, 4.69) is 16.9 Å². The Balaban J connectivity index is 2.12. The van der Waals surface area contributed by atoms with Crippen LogP contribution in [0.4, 0.5) is 4.79 Å². The number of benzene rings is 1. The molecular formula is C16H21N3O2. The van der Waals surface area contributed by atoms with E-state index in [9.17, 15) is 4.79 Å². The van der Waals surface area contributed by atoms with Crippen molar-refractivity contribution >= 4 is 6.09 Å². The Morgan fingerprint density at radius 3 is 2.76 bits per heavy atom. The van der Waals surface area contributed by atoms with Gasteiger partial charge in [-0.25, -0.2) is 9.78 Å². The minimum Gasteiger partial charge on any atom is -0.438 e. The highest BCUT2D eigenvalue weighted by molar-refractivity contribution is 5.65. The summed E-state index contributed by atoms with van der Waals surface area (Å²) < 4.78 is 5.18. The zero-order valence-electron chi connectivity index (χ0n) is 12.2. The van der Waals surface area contributed by atoms with Gasteiger partial charge in [0.25, 0.3) is 0 Å². The van der Waals surface area contributed by atoms with Gasteiger partial charge in [0.2, 0.25) is 0 Å². The maximum absolute atomic E-state index is 11.1. The molecule has 5 heteroatoms. The molecule has 5 nitrogen and oxygen atoms in total. The molecule has 1 aromatic carbocycles. The van der Waals surface area contributed by atoms with Crippen molar-refractivity contribution in [3.8, 4) is 11.3 Å². The first kappa shape index (κ1) is 15.1. The van der Waals surface area contributed by atoms with Gasteiger partial charge in [-0.1, -0.05) is 50.1 Å². The number of nitrogens with two attached hydrogens (primary N) is 1. The number of carbonyl (C=O) groups is 1. The summed E-state index contributed by atoms with van der Waals surface area (Å²) in [6.07, 6.45) is 4.53. The number of hydrogen-bond acceptors (Lipinski definition) is 3. The lowest BCUT2D eigenvalue weighted by Crippen LogP contribution is -2.18. The lowest BCUT2D eigenvalue weighted by Gasteiger charge is -2.13. The van der Waals surface area contributed by atoms with Crippen LogP contribution >= 0.6 is 0 Å². The summed E-state index contributed by atoms with van der Waals surface area (Å²) in [6, 6.07) is 9.85. The van der Waals surface area contributed by atoms with Crippen LogP contribution in [0.3, 0.4) is 0 Å². The van der Waals surface area contributed by atoms with Crippen LogP contribution in [0.5, 0.6) is 0 Å². The Morgan fingerprint density at radius 2 is 2.10 bits per heavy atom. The molecule has 0 aliphatic heterocycles. The van der Waals surface area contributed by atoms with Crippen LogP contribution in [-0.2, 0) is 4.74 Å². The monoisotopic (exact) mass is 287 g/mol. The Bertz CT molecular complexity index is 566. The maximum Gasteiger partial charge on any atom is 0.405 e. The quantitative estimate of drug-likeness (QED) is 0.760. The first-order valence-corrected chi connectivity index (χ1v) is 7.27. The van der Waals surface area contributed by atoms with Crippen molar-refractivity contribution < 1.29 is 9.53 Å². The molecule has 1 aromatic heterocycles. The summed E-state index contributed by atoms with van der Waals surface area (Å²) in [6.45, 7) is 2.13. The van der Waals surface area contributed by atoms with Crippen LogP contribution < -0.4 is 5.73 Å². The molecule has 1 amide bonds. The summed E-state index contributed by atoms with van der Waals surface area (Å²) in [7, 11) is 0. The summed E-state index contributed by atoms with van der Waals surface area (Å²) in [5.41, 5.74) is 7.00. The third-order valence-electron chi connectivity index (χ3n) is 3.30. The third-order valence-corrected chi connectivity index (χ3v) is 3.30. The van der Waals surface area contributed by atoms with E-state index in [0.29, 0.717) is 5.82 Å². The van der Waals surface area contributed by atoms with Gasteiger partial charge >= 0.3 is 6.09 Å². The predicted molar refractivity (Wildman–Crippen MR) is 81.6 cm³/mol. The van der Waals surface area contributed by atoms with Crippen molar-refractivity contribution in [3.63, 3.8) is 0 Å². The van der Waals surface area contributed by atoms with Gasteiger partial charge in [-0.15, -0.1) is 0 Å². The van der Waals surface area contributed by atoms with E-state index < -0.39 is 12.2 Å². The molecule has 0 aliphatic rings. The number of amides is 1. The van der Waals surface area contributed by atoms with E-state index in [0.717, 1.165) is 36.9 Å². The van der Waals surface area contributed by atoms with Crippen LogP contribution in [0.1, 0.15) is 44.5 Å². The summed E-state index contributed by atoms with van der Waals surface area (Å²) >= 11 is 0. The van der Waals surface area contributed by atoms with Crippen LogP contribution in [0.15, 0.2) is 36.5 Å². The molecule has 3 N–H and O–H groups in total. The molecule has 2 aromatic rings. The highest BCUT2D eigenvalue weighted by Gasteiger charge is 2.18. The van der Waals surface area contributed by atoms with Gasteiger partial charge in [0.1, 0.15) is 5.82 Å². The number of primary amides is 1. The number of H-pyrrole nitrogens is 1. The molecule has 0 radical (unpaired) electrons. The smallest absolute Gasteiger partial charge is 0.405 e. The number of nitrogens with one attached hydrogen (secondary N) is 1. The maximum atomic E-state index is 11.1. The van der Waals surface area contributed by atoms with Crippen molar-refractivity contribution in [1.82, 2.24) is 9.97 Å². The van der Waals surface area contributed by atoms with Crippen molar-refractivity contribution in [2.75, 3.05) is 0 Å². The number of rotatable bonds is 7. The van der Waals surface area contributed by atoms with E-state index in [4.69, 9.17) is 10.5 Å². The van der Waals surface area contributed by atoms with E-state index in [1.165, 1.54) is 0 Å². The Morgan fingerprint density at radius 1 is 1.33 bits per heavy atom. The molecule has 2 rings (SSSR count). The van der Waals surface area contributed by atoms with Crippen LogP contribution in [0.25, 0.3) is 11.3 Å². The Hall–Kier alpha value is -2.30. The lowest BCUT2D eigenvalue weighted by atomic mass is 10.1. The zero-order chi connectivity index (χ0) is 15.1. The molecule has 0 saturated heterocycles. The molecule has 1 heterocycles. The van der Waals surface area contributed by atoms with Crippen molar-refractivity contribution in [1.29, 1.82) is 0 Å². The fraction of sp³-hybridized carbons (Fsp3) is 0.375. The normalized spacial score (nSPS) is 12.0. The molecule has 112 valence electrons. The number of nitrogens with zero attached hydrogens (tertiary/aromatic N) is 1. The van der Waals surface area contributed by atoms with Gasteiger partial charge < -0.3 is 15.5 Å². The Kier molecular flexibility index (Phi) is 5.37. The summed E-state index contributed by atoms with van der Waals surface area (Å²) in [5, 5.41) is 0. The highest BCUT2D eigenvalue weighted by Crippen LogP contribution is 2.24. The summed E-state index contributed by atoms with van der Waals surface area (Å²) in [5.74, 6) is 0.642. The van der Waals surface area contributed by atoms with Crippen molar-refractivity contribution in [2.45, 2.75) is 38.7 Å². The number of hydrogen-bond donors (Lipinski definition) is 2. The van der Waals surface area contributed by atoms with E-state index >= 15 is 0 Å². The van der Waals surface area contributed by atoms with E-state index in [1.54, 1.807) is 0 Å². The highest BCUT2D eigenvalue weighted by atomic mass is 16.6. The fourth-order valence-electron chi connectivity index (χ4n) is 2.23. The number of unbranched alkanes of at least 4 members (excludes halogenated alkanes) is 2. The molecule has 21 heavy (non-hydrogen) atoms. The molecule has 0 aliphatic carbocycles. The first-order valence-electron chi connectivity index (χ1n) is 7.27. The fourth-order valence-corrected chi connectivity index (χ4v) is 2.23. The molecule has 1 atom stereocenters. The zero-order valence-corrected chi connectivity index (χ0v) is 12.2. The minimum atomic E-state index is -0.769. The molecule has 0 bridgehead atoms. The molecule has 0 fully saturated rings. The molecule has 0 spiro atoms. The standard InChI is InChI=1S/C16H21N3O2/c1-2-3-5-10-14(21-16(17)20)15-18-11-13(19-15)12-8-6-4-7-9-12/h4,6-9,11,14H,2-3,5,10H2,1H3,(H2,17,20)(H,18,19)/t14-/m0/s1. The second-order valence-electron chi connectivity index (χ2n) is 4.96. The van der Waals surface area contributed by atoms with Gasteiger partial charge in [0.15, 0.2) is 6.10 Å². The predicted octanol–water partition coefficient (Wildman–Crippen LogP) is 3.79. The molecule has 0 saturated carbocycles. The van der Waals surface area contributed by atoms with Gasteiger partial charge in [0, 0.05) is 11.8 Å². The average Bonchev–Trinajstić information content (AvgIpc) is 2.97. The van der Waals surface area contributed by atoms with Gasteiger partial charge in [-0.3, -0.25) is 0 Å². The summed E-state index contributed by atoms with van der Waals surface area (Å²) in [4.78, 5) is 18.7. The van der Waals surface area contributed by atoms with Crippen LogP contribution in [0.2, 0.25) is 0 Å². The second-order valence-corrected chi connectivity index (χ2v) is 4.96. The third kappa shape index (κ3) is 4.34. The van der Waals surface area contributed by atoms with E-state index in [-0.39, 0.29) is 0 Å². The number of imidazole rings is 1.